The van der Waals surface area contributed by atoms with Gasteiger partial charge in [0.05, 0.1) is 10.3 Å². The number of hydrogen-bond acceptors (Lipinski definition) is 3. The summed E-state index contributed by atoms with van der Waals surface area (Å²) in [4.78, 5) is 23.4. The predicted molar refractivity (Wildman–Crippen MR) is 73.7 cm³/mol. The molecule has 0 aliphatic heterocycles. The van der Waals surface area contributed by atoms with E-state index in [2.05, 4.69) is 26.6 Å². The number of carboxylic acid groups (broad SMARTS) is 1. The third-order valence-corrected chi connectivity index (χ3v) is 3.86. The van der Waals surface area contributed by atoms with Gasteiger partial charge in [-0.1, -0.05) is 13.3 Å². The van der Waals surface area contributed by atoms with Crippen molar-refractivity contribution >= 4 is 39.3 Å². The second kappa shape index (κ2) is 7.38. The molecule has 0 saturated carbocycles. The minimum absolute atomic E-state index is 0.389. The van der Waals surface area contributed by atoms with E-state index in [1.807, 2.05) is 19.1 Å². The van der Waals surface area contributed by atoms with Gasteiger partial charge in [-0.25, -0.2) is 9.59 Å². The van der Waals surface area contributed by atoms with Gasteiger partial charge in [-0.2, -0.15) is 0 Å². The molecule has 0 fully saturated rings. The summed E-state index contributed by atoms with van der Waals surface area (Å²) >= 11 is 4.85. The molecule has 0 aliphatic rings. The third kappa shape index (κ3) is 5.05. The Morgan fingerprint density at radius 3 is 2.72 bits per heavy atom. The first kappa shape index (κ1) is 15.0. The topological polar surface area (TPSA) is 78.4 Å². The fourth-order valence-corrected chi connectivity index (χ4v) is 2.79. The molecular weight excluding hydrogens is 320 g/mol. The van der Waals surface area contributed by atoms with Crippen LogP contribution in [0.15, 0.2) is 15.9 Å². The lowest BCUT2D eigenvalue weighted by Crippen LogP contribution is -2.45. The molecule has 5 nitrogen and oxygen atoms in total. The number of carboxylic acids is 1. The SMILES string of the molecule is CCCC(NC(=O)NCc1ccc(Br)s1)C(=O)O. The highest BCUT2D eigenvalue weighted by atomic mass is 79.9. The van der Waals surface area contributed by atoms with Crippen LogP contribution < -0.4 is 10.6 Å². The van der Waals surface area contributed by atoms with Crippen molar-refractivity contribution in [1.29, 1.82) is 0 Å². The van der Waals surface area contributed by atoms with Gasteiger partial charge in [0.25, 0.3) is 0 Å². The minimum atomic E-state index is -1.01. The number of thiophene rings is 1. The van der Waals surface area contributed by atoms with E-state index in [9.17, 15) is 9.59 Å². The molecule has 1 rings (SSSR count). The molecule has 1 aromatic heterocycles. The standard InChI is InChI=1S/C11H15BrN2O3S/c1-2-3-8(10(15)16)14-11(17)13-6-7-4-5-9(12)18-7/h4-5,8H,2-3,6H2,1H3,(H,15,16)(H2,13,14,17). The summed E-state index contributed by atoms with van der Waals surface area (Å²) in [5.74, 6) is -1.01. The molecule has 0 radical (unpaired) electrons. The Kier molecular flexibility index (Phi) is 6.14. The maximum absolute atomic E-state index is 11.5. The van der Waals surface area contributed by atoms with E-state index >= 15 is 0 Å². The fraction of sp³-hybridized carbons (Fsp3) is 0.455. The molecule has 2 amide bonds. The molecule has 1 aromatic rings. The second-order valence-electron chi connectivity index (χ2n) is 3.71. The van der Waals surface area contributed by atoms with Gasteiger partial charge in [-0.15, -0.1) is 11.3 Å². The number of carbonyl (C=O) groups excluding carboxylic acids is 1. The highest BCUT2D eigenvalue weighted by Gasteiger charge is 2.18. The van der Waals surface area contributed by atoms with Gasteiger partial charge in [0.2, 0.25) is 0 Å². The van der Waals surface area contributed by atoms with Crippen molar-refractivity contribution in [2.75, 3.05) is 0 Å². The Balaban J connectivity index is 2.38. The van der Waals surface area contributed by atoms with Crippen molar-refractivity contribution < 1.29 is 14.7 Å². The molecule has 100 valence electrons. The van der Waals surface area contributed by atoms with E-state index in [1.165, 1.54) is 11.3 Å². The maximum Gasteiger partial charge on any atom is 0.326 e. The van der Waals surface area contributed by atoms with Crippen molar-refractivity contribution in [3.05, 3.63) is 20.8 Å². The van der Waals surface area contributed by atoms with Gasteiger partial charge >= 0.3 is 12.0 Å². The molecule has 0 bridgehead atoms. The number of hydrogen-bond donors (Lipinski definition) is 3. The molecule has 0 spiro atoms. The van der Waals surface area contributed by atoms with Crippen LogP contribution in [0, 0.1) is 0 Å². The van der Waals surface area contributed by atoms with Crippen molar-refractivity contribution in [3.63, 3.8) is 0 Å². The second-order valence-corrected chi connectivity index (χ2v) is 6.26. The molecule has 18 heavy (non-hydrogen) atoms. The molecule has 7 heteroatoms. The van der Waals surface area contributed by atoms with Crippen LogP contribution in [0.25, 0.3) is 0 Å². The normalized spacial score (nSPS) is 11.9. The monoisotopic (exact) mass is 334 g/mol. The quantitative estimate of drug-likeness (QED) is 0.748. The third-order valence-electron chi connectivity index (χ3n) is 2.23. The van der Waals surface area contributed by atoms with Crippen LogP contribution in [-0.2, 0) is 11.3 Å². The molecular formula is C11H15BrN2O3S. The molecule has 0 saturated heterocycles. The largest absolute Gasteiger partial charge is 0.480 e. The number of carbonyl (C=O) groups is 2. The zero-order valence-electron chi connectivity index (χ0n) is 9.90. The smallest absolute Gasteiger partial charge is 0.326 e. The summed E-state index contributed by atoms with van der Waals surface area (Å²) in [6, 6.07) is 2.51. The van der Waals surface area contributed by atoms with Gasteiger partial charge in [0.1, 0.15) is 6.04 Å². The van der Waals surface area contributed by atoms with Crippen LogP contribution in [0.2, 0.25) is 0 Å². The molecule has 1 unspecified atom stereocenters. The van der Waals surface area contributed by atoms with Crippen LogP contribution in [0.1, 0.15) is 24.6 Å². The lowest BCUT2D eigenvalue weighted by Gasteiger charge is -2.13. The Morgan fingerprint density at radius 1 is 1.50 bits per heavy atom. The first-order valence-electron chi connectivity index (χ1n) is 5.54. The van der Waals surface area contributed by atoms with E-state index in [4.69, 9.17) is 5.11 Å². The minimum Gasteiger partial charge on any atom is -0.480 e. The Hall–Kier alpha value is -1.08. The lowest BCUT2D eigenvalue weighted by molar-refractivity contribution is -0.139. The average molecular weight is 335 g/mol. The summed E-state index contributed by atoms with van der Waals surface area (Å²) < 4.78 is 0.995. The van der Waals surface area contributed by atoms with E-state index in [0.29, 0.717) is 19.4 Å². The Morgan fingerprint density at radius 2 is 2.22 bits per heavy atom. The number of halogens is 1. The summed E-state index contributed by atoms with van der Waals surface area (Å²) in [7, 11) is 0. The number of rotatable bonds is 6. The summed E-state index contributed by atoms with van der Waals surface area (Å²) in [5.41, 5.74) is 0. The zero-order chi connectivity index (χ0) is 13.5. The maximum atomic E-state index is 11.5. The molecule has 0 aliphatic carbocycles. The van der Waals surface area contributed by atoms with Gasteiger partial charge in [-0.3, -0.25) is 0 Å². The first-order chi connectivity index (χ1) is 8.52. The van der Waals surface area contributed by atoms with E-state index in [1.54, 1.807) is 0 Å². The van der Waals surface area contributed by atoms with Crippen molar-refractivity contribution in [2.45, 2.75) is 32.4 Å². The van der Waals surface area contributed by atoms with Crippen molar-refractivity contribution in [1.82, 2.24) is 10.6 Å². The molecule has 1 atom stereocenters. The molecule has 0 aromatic carbocycles. The van der Waals surface area contributed by atoms with Crippen LogP contribution >= 0.6 is 27.3 Å². The van der Waals surface area contributed by atoms with Gasteiger partial charge in [-0.05, 0) is 34.5 Å². The fourth-order valence-electron chi connectivity index (χ4n) is 1.37. The highest BCUT2D eigenvalue weighted by Crippen LogP contribution is 2.21. The van der Waals surface area contributed by atoms with Crippen LogP contribution in [0.3, 0.4) is 0 Å². The number of amides is 2. The van der Waals surface area contributed by atoms with Crippen LogP contribution in [0.4, 0.5) is 4.79 Å². The highest BCUT2D eigenvalue weighted by molar-refractivity contribution is 9.11. The van der Waals surface area contributed by atoms with Gasteiger partial charge in [0.15, 0.2) is 0 Å². The molecule has 1 heterocycles. The van der Waals surface area contributed by atoms with E-state index in [-0.39, 0.29) is 0 Å². The van der Waals surface area contributed by atoms with E-state index in [0.717, 1.165) is 8.66 Å². The predicted octanol–water partition coefficient (Wildman–Crippen LogP) is 2.56. The lowest BCUT2D eigenvalue weighted by atomic mass is 10.2. The summed E-state index contributed by atoms with van der Waals surface area (Å²) in [5, 5.41) is 14.0. The van der Waals surface area contributed by atoms with Crippen molar-refractivity contribution in [3.8, 4) is 0 Å². The number of nitrogens with one attached hydrogen (secondary N) is 2. The molecule has 3 N–H and O–H groups in total. The van der Waals surface area contributed by atoms with Crippen LogP contribution in [0.5, 0.6) is 0 Å². The number of urea groups is 1. The zero-order valence-corrected chi connectivity index (χ0v) is 12.3. The van der Waals surface area contributed by atoms with Gasteiger partial charge < -0.3 is 15.7 Å². The average Bonchev–Trinajstić information content (AvgIpc) is 2.72. The Labute approximate surface area is 118 Å². The summed E-state index contributed by atoms with van der Waals surface area (Å²) in [6.45, 7) is 2.26. The number of aliphatic carboxylic acids is 1. The summed E-state index contributed by atoms with van der Waals surface area (Å²) in [6.07, 6.45) is 1.13. The first-order valence-corrected chi connectivity index (χ1v) is 7.15. The van der Waals surface area contributed by atoms with Crippen molar-refractivity contribution in [2.24, 2.45) is 0 Å². The van der Waals surface area contributed by atoms with Crippen LogP contribution in [-0.4, -0.2) is 23.1 Å². The Bertz CT molecular complexity index is 422. The van der Waals surface area contributed by atoms with E-state index < -0.39 is 18.0 Å². The van der Waals surface area contributed by atoms with Gasteiger partial charge in [0, 0.05) is 4.88 Å².